The molecule has 0 spiro atoms. The number of likely N-dealkylation sites (N-methyl/N-ethyl adjacent to an activating group) is 1. The average molecular weight is 696 g/mol. The maximum atomic E-state index is 14.3. The van der Waals surface area contributed by atoms with E-state index >= 15 is 0 Å². The lowest BCUT2D eigenvalue weighted by molar-refractivity contribution is -0.137. The molecule has 49 heavy (non-hydrogen) atoms. The first-order chi connectivity index (χ1) is 23.2. The van der Waals surface area contributed by atoms with Crippen LogP contribution in [0.15, 0.2) is 97.2 Å². The van der Waals surface area contributed by atoms with Crippen molar-refractivity contribution < 1.29 is 40.2 Å². The molecule has 5 rings (SSSR count). The van der Waals surface area contributed by atoms with Gasteiger partial charge in [-0.25, -0.2) is 4.68 Å². The summed E-state index contributed by atoms with van der Waals surface area (Å²) in [7, 11) is -3.79. The number of alkyl halides is 3. The summed E-state index contributed by atoms with van der Waals surface area (Å²) in [5.74, 6) is -2.39. The van der Waals surface area contributed by atoms with Gasteiger partial charge in [0.15, 0.2) is 0 Å². The highest BCUT2D eigenvalue weighted by Gasteiger charge is 2.44. The van der Waals surface area contributed by atoms with Crippen LogP contribution in [0.25, 0.3) is 5.69 Å². The predicted octanol–water partition coefficient (Wildman–Crippen LogP) is 4.34. The van der Waals surface area contributed by atoms with E-state index in [1.807, 2.05) is 30.3 Å². The summed E-state index contributed by atoms with van der Waals surface area (Å²) in [5.41, 5.74) is 1.00. The molecule has 1 aliphatic rings. The highest BCUT2D eigenvalue weighted by atomic mass is 32.2. The molecule has 0 aliphatic carbocycles. The van der Waals surface area contributed by atoms with Crippen LogP contribution < -0.4 is 15.5 Å². The molecule has 11 nitrogen and oxygen atoms in total. The van der Waals surface area contributed by atoms with Crippen molar-refractivity contribution in [2.45, 2.75) is 31.6 Å². The van der Waals surface area contributed by atoms with E-state index in [9.17, 15) is 36.0 Å². The molecule has 1 aromatic heterocycles. The number of carbonyl (C=O) groups is 3. The first-order valence-electron chi connectivity index (χ1n) is 15.0. The molecule has 0 fully saturated rings. The minimum Gasteiger partial charge on any atom is -0.348 e. The number of aromatic nitrogens is 2. The van der Waals surface area contributed by atoms with E-state index in [2.05, 4.69) is 26.5 Å². The Bertz CT molecular complexity index is 2010. The first kappa shape index (κ1) is 35.0. The number of amides is 3. The van der Waals surface area contributed by atoms with Crippen molar-refractivity contribution in [1.82, 2.24) is 20.4 Å². The van der Waals surface area contributed by atoms with Crippen molar-refractivity contribution in [1.29, 1.82) is 0 Å². The third-order valence-corrected chi connectivity index (χ3v) is 8.36. The minimum absolute atomic E-state index is 0.0102. The Labute approximate surface area is 280 Å². The molecule has 0 bridgehead atoms. The third-order valence-electron chi connectivity index (χ3n) is 7.81. The zero-order valence-corrected chi connectivity index (χ0v) is 27.2. The largest absolute Gasteiger partial charge is 0.416 e. The monoisotopic (exact) mass is 695 g/mol. The number of carbonyl (C=O) groups excluding carboxylic acids is 3. The quantitative estimate of drug-likeness (QED) is 0.176. The summed E-state index contributed by atoms with van der Waals surface area (Å²) in [4.78, 5) is 41.8. The van der Waals surface area contributed by atoms with Crippen molar-refractivity contribution in [3.63, 3.8) is 0 Å². The predicted molar refractivity (Wildman–Crippen MR) is 174 cm³/mol. The maximum absolute atomic E-state index is 14.3. The Morgan fingerprint density at radius 2 is 1.73 bits per heavy atom. The van der Waals surface area contributed by atoms with Crippen LogP contribution in [0.5, 0.6) is 0 Å². The fraction of sp³-hybridized carbons (Fsp3) is 0.235. The second-order valence-electron chi connectivity index (χ2n) is 11.3. The molecule has 0 saturated heterocycles. The van der Waals surface area contributed by atoms with Crippen molar-refractivity contribution in [2.75, 3.05) is 24.3 Å². The van der Waals surface area contributed by atoms with Crippen LogP contribution in [0, 0.1) is 0 Å². The SMILES string of the molecule is C=C(COS(C)(=O)=O)C(=O)NCc1cccc([C@@H]2c3cnn(-c4ccccc4)c3N(CC)C(=O)[C@H]2NC(=O)c2cccc(C(F)(F)F)c2)c1. The molecule has 4 aromatic rings. The molecule has 3 aromatic carbocycles. The Morgan fingerprint density at radius 3 is 2.41 bits per heavy atom. The topological polar surface area (TPSA) is 140 Å². The summed E-state index contributed by atoms with van der Waals surface area (Å²) in [6.07, 6.45) is -2.24. The Kier molecular flexibility index (Phi) is 10.1. The maximum Gasteiger partial charge on any atom is 0.416 e. The molecule has 2 atom stereocenters. The Hall–Kier alpha value is -5.28. The molecule has 2 N–H and O–H groups in total. The van der Waals surface area contributed by atoms with Gasteiger partial charge in [0.25, 0.3) is 21.9 Å². The van der Waals surface area contributed by atoms with Crippen molar-refractivity contribution in [3.8, 4) is 5.69 Å². The highest BCUT2D eigenvalue weighted by Crippen LogP contribution is 2.41. The summed E-state index contributed by atoms with van der Waals surface area (Å²) in [6, 6.07) is 18.7. The molecule has 0 saturated carbocycles. The molecule has 3 amide bonds. The van der Waals surface area contributed by atoms with Gasteiger partial charge in [0, 0.05) is 35.7 Å². The average Bonchev–Trinajstić information content (AvgIpc) is 3.50. The molecule has 1 aliphatic heterocycles. The van der Waals surface area contributed by atoms with Crippen LogP contribution in [0.4, 0.5) is 19.0 Å². The minimum atomic E-state index is -4.68. The van der Waals surface area contributed by atoms with Gasteiger partial charge in [-0.05, 0) is 48.4 Å². The molecular weight excluding hydrogens is 663 g/mol. The van der Waals surface area contributed by atoms with Crippen LogP contribution in [-0.2, 0) is 36.6 Å². The number of halogens is 3. The van der Waals surface area contributed by atoms with E-state index in [0.29, 0.717) is 28.2 Å². The second-order valence-corrected chi connectivity index (χ2v) is 12.9. The van der Waals surface area contributed by atoms with Gasteiger partial charge in [-0.1, -0.05) is 55.1 Å². The van der Waals surface area contributed by atoms with Crippen LogP contribution in [0.2, 0.25) is 0 Å². The zero-order chi connectivity index (χ0) is 35.5. The van der Waals surface area contributed by atoms with Crippen LogP contribution in [-0.4, -0.2) is 61.4 Å². The van der Waals surface area contributed by atoms with Crippen molar-refractivity contribution in [3.05, 3.63) is 125 Å². The van der Waals surface area contributed by atoms with E-state index in [4.69, 9.17) is 0 Å². The van der Waals surface area contributed by atoms with Gasteiger partial charge in [0.1, 0.15) is 11.9 Å². The molecule has 0 radical (unpaired) electrons. The van der Waals surface area contributed by atoms with E-state index < -0.39 is 58.1 Å². The Balaban J connectivity index is 1.52. The fourth-order valence-electron chi connectivity index (χ4n) is 5.53. The lowest BCUT2D eigenvalue weighted by Crippen LogP contribution is -2.55. The summed E-state index contributed by atoms with van der Waals surface area (Å²) < 4.78 is 69.2. The van der Waals surface area contributed by atoms with Gasteiger partial charge in [-0.2, -0.15) is 26.7 Å². The summed E-state index contributed by atoms with van der Waals surface area (Å²) >= 11 is 0. The van der Waals surface area contributed by atoms with Gasteiger partial charge < -0.3 is 10.6 Å². The normalized spacial score (nSPS) is 16.2. The smallest absolute Gasteiger partial charge is 0.348 e. The second kappa shape index (κ2) is 14.1. The number of hydrogen-bond acceptors (Lipinski definition) is 7. The van der Waals surface area contributed by atoms with Gasteiger partial charge >= 0.3 is 6.18 Å². The number of para-hydroxylation sites is 1. The number of nitrogens with zero attached hydrogens (tertiary/aromatic N) is 3. The van der Waals surface area contributed by atoms with Gasteiger partial charge in [0.05, 0.1) is 30.3 Å². The molecular formula is C34H32F3N5O6S. The summed E-state index contributed by atoms with van der Waals surface area (Å²) in [6.45, 7) is 4.99. The lowest BCUT2D eigenvalue weighted by atomic mass is 9.81. The number of benzene rings is 3. The van der Waals surface area contributed by atoms with Crippen LogP contribution in [0.1, 0.15) is 45.5 Å². The fourth-order valence-corrected chi connectivity index (χ4v) is 5.88. The van der Waals surface area contributed by atoms with Crippen LogP contribution in [0.3, 0.4) is 0 Å². The van der Waals surface area contributed by atoms with Gasteiger partial charge in [-0.15, -0.1) is 0 Å². The first-order valence-corrected chi connectivity index (χ1v) is 16.8. The van der Waals surface area contributed by atoms with E-state index in [0.717, 1.165) is 24.5 Å². The van der Waals surface area contributed by atoms with Gasteiger partial charge in [-0.3, -0.25) is 23.5 Å². The standard InChI is InChI=1S/C34H32F3N5O6S/c1-4-41-32-27(19-39-42(32)26-14-6-5-7-15-26)28(29(33(41)45)40-31(44)24-12-9-13-25(17-24)34(35,36)37)23-11-8-10-22(16-23)18-38-30(43)21(2)20-48-49(3,46)47/h5-17,19,28-29H,2,4,18,20H2,1,3H3,(H,38,43)(H,40,44)/t28-,29+/m1/s1. The number of nitrogens with one attached hydrogen (secondary N) is 2. The van der Waals surface area contributed by atoms with E-state index in [1.165, 1.54) is 11.0 Å². The van der Waals surface area contributed by atoms with Gasteiger partial charge in [0.2, 0.25) is 5.91 Å². The number of hydrogen-bond donors (Lipinski definition) is 2. The lowest BCUT2D eigenvalue weighted by Gasteiger charge is -2.38. The third kappa shape index (κ3) is 7.90. The van der Waals surface area contributed by atoms with Crippen molar-refractivity contribution >= 4 is 33.7 Å². The zero-order valence-electron chi connectivity index (χ0n) is 26.4. The Morgan fingerprint density at radius 1 is 1.02 bits per heavy atom. The number of anilines is 1. The van der Waals surface area contributed by atoms with Crippen LogP contribution >= 0.6 is 0 Å². The molecule has 256 valence electrons. The van der Waals surface area contributed by atoms with E-state index in [1.54, 1.807) is 42.1 Å². The molecule has 15 heteroatoms. The van der Waals surface area contributed by atoms with Crippen molar-refractivity contribution in [2.24, 2.45) is 0 Å². The molecule has 0 unspecified atom stereocenters. The number of fused-ring (bicyclic) bond motifs is 1. The molecule has 2 heterocycles. The summed E-state index contributed by atoms with van der Waals surface area (Å²) in [5, 5.41) is 9.94. The number of rotatable bonds is 11. The van der Waals surface area contributed by atoms with E-state index in [-0.39, 0.29) is 24.2 Å². The highest BCUT2D eigenvalue weighted by molar-refractivity contribution is 7.86.